The molecule has 0 radical (unpaired) electrons. The van der Waals surface area contributed by atoms with Crippen molar-refractivity contribution in [3.8, 4) is 11.1 Å². The Bertz CT molecular complexity index is 657. The van der Waals surface area contributed by atoms with Gasteiger partial charge in [0.2, 0.25) is 0 Å². The predicted octanol–water partition coefficient (Wildman–Crippen LogP) is 4.05. The number of hydrogen-bond donors (Lipinski definition) is 1. The van der Waals surface area contributed by atoms with Crippen LogP contribution in [0.5, 0.6) is 0 Å². The third-order valence-electron chi connectivity index (χ3n) is 5.03. The van der Waals surface area contributed by atoms with E-state index in [1.807, 2.05) is 0 Å². The highest BCUT2D eigenvalue weighted by Gasteiger charge is 2.23. The number of fused-ring (bicyclic) bond motifs is 2. The van der Waals surface area contributed by atoms with Crippen LogP contribution in [0.3, 0.4) is 0 Å². The van der Waals surface area contributed by atoms with Crippen LogP contribution in [0, 0.1) is 0 Å². The van der Waals surface area contributed by atoms with Gasteiger partial charge in [-0.2, -0.15) is 0 Å². The minimum Gasteiger partial charge on any atom is -0.313 e. The maximum atomic E-state index is 3.44. The topological polar surface area (TPSA) is 12.0 Å². The molecule has 0 spiro atoms. The summed E-state index contributed by atoms with van der Waals surface area (Å²) in [5.74, 6) is 0. The van der Waals surface area contributed by atoms with Gasteiger partial charge in [-0.3, -0.25) is 0 Å². The van der Waals surface area contributed by atoms with Crippen LogP contribution < -0.4 is 5.32 Å². The SMILES string of the molecule is CNC1CCc2c(-c3ccc4c(c3)CCC4)cccc21. The van der Waals surface area contributed by atoms with Gasteiger partial charge in [-0.1, -0.05) is 36.4 Å². The summed E-state index contributed by atoms with van der Waals surface area (Å²) in [7, 11) is 2.07. The molecule has 0 bridgehead atoms. The first-order chi connectivity index (χ1) is 9.86. The van der Waals surface area contributed by atoms with Crippen LogP contribution in [0.2, 0.25) is 0 Å². The molecule has 1 atom stereocenters. The van der Waals surface area contributed by atoms with E-state index in [9.17, 15) is 0 Å². The molecular weight excluding hydrogens is 242 g/mol. The molecule has 0 fully saturated rings. The van der Waals surface area contributed by atoms with Crippen LogP contribution in [-0.4, -0.2) is 7.05 Å². The number of benzene rings is 2. The zero-order valence-corrected chi connectivity index (χ0v) is 12.1. The monoisotopic (exact) mass is 263 g/mol. The van der Waals surface area contributed by atoms with Gasteiger partial charge in [0.25, 0.3) is 0 Å². The largest absolute Gasteiger partial charge is 0.313 e. The molecule has 0 aromatic heterocycles. The molecule has 0 saturated carbocycles. The van der Waals surface area contributed by atoms with Crippen molar-refractivity contribution >= 4 is 0 Å². The predicted molar refractivity (Wildman–Crippen MR) is 84.0 cm³/mol. The number of hydrogen-bond acceptors (Lipinski definition) is 1. The van der Waals surface area contributed by atoms with Crippen molar-refractivity contribution in [1.29, 1.82) is 0 Å². The van der Waals surface area contributed by atoms with Crippen molar-refractivity contribution < 1.29 is 0 Å². The highest BCUT2D eigenvalue weighted by atomic mass is 14.9. The van der Waals surface area contributed by atoms with E-state index in [1.54, 1.807) is 16.7 Å². The molecular formula is C19H21N. The summed E-state index contributed by atoms with van der Waals surface area (Å²) in [6.07, 6.45) is 6.29. The molecule has 1 unspecified atom stereocenters. The first-order valence-corrected chi connectivity index (χ1v) is 7.78. The lowest BCUT2D eigenvalue weighted by Gasteiger charge is -2.13. The maximum absolute atomic E-state index is 3.44. The summed E-state index contributed by atoms with van der Waals surface area (Å²) in [6, 6.07) is 14.5. The average Bonchev–Trinajstić information content (AvgIpc) is 3.12. The Kier molecular flexibility index (Phi) is 2.89. The van der Waals surface area contributed by atoms with E-state index in [0.29, 0.717) is 6.04 Å². The molecule has 0 amide bonds. The van der Waals surface area contributed by atoms with Gasteiger partial charge in [-0.25, -0.2) is 0 Å². The van der Waals surface area contributed by atoms with E-state index in [0.717, 1.165) is 0 Å². The lowest BCUT2D eigenvalue weighted by atomic mass is 9.94. The Morgan fingerprint density at radius 1 is 1.00 bits per heavy atom. The van der Waals surface area contributed by atoms with Gasteiger partial charge in [-0.15, -0.1) is 0 Å². The second-order valence-electron chi connectivity index (χ2n) is 6.09. The van der Waals surface area contributed by atoms with Gasteiger partial charge in [0.05, 0.1) is 0 Å². The van der Waals surface area contributed by atoms with Gasteiger partial charge >= 0.3 is 0 Å². The van der Waals surface area contributed by atoms with Gasteiger partial charge in [0, 0.05) is 6.04 Å². The highest BCUT2D eigenvalue weighted by Crippen LogP contribution is 2.38. The lowest BCUT2D eigenvalue weighted by molar-refractivity contribution is 0.590. The van der Waals surface area contributed by atoms with Crippen molar-refractivity contribution in [3.63, 3.8) is 0 Å². The van der Waals surface area contributed by atoms with E-state index in [-0.39, 0.29) is 0 Å². The lowest BCUT2D eigenvalue weighted by Crippen LogP contribution is -2.12. The Hall–Kier alpha value is -1.60. The fourth-order valence-corrected chi connectivity index (χ4v) is 3.96. The minimum absolute atomic E-state index is 0.541. The summed E-state index contributed by atoms with van der Waals surface area (Å²) < 4.78 is 0. The number of nitrogens with one attached hydrogen (secondary N) is 1. The fraction of sp³-hybridized carbons (Fsp3) is 0.368. The first-order valence-electron chi connectivity index (χ1n) is 7.78. The Morgan fingerprint density at radius 2 is 1.90 bits per heavy atom. The van der Waals surface area contributed by atoms with E-state index >= 15 is 0 Å². The molecule has 1 heteroatoms. The zero-order valence-electron chi connectivity index (χ0n) is 12.1. The molecule has 2 aromatic carbocycles. The van der Waals surface area contributed by atoms with Crippen LogP contribution in [0.4, 0.5) is 0 Å². The summed E-state index contributed by atoms with van der Waals surface area (Å²) in [4.78, 5) is 0. The molecule has 102 valence electrons. The van der Waals surface area contributed by atoms with Crippen molar-refractivity contribution in [2.24, 2.45) is 0 Å². The van der Waals surface area contributed by atoms with Crippen LogP contribution in [0.25, 0.3) is 11.1 Å². The second-order valence-corrected chi connectivity index (χ2v) is 6.09. The van der Waals surface area contributed by atoms with Gasteiger partial charge in [-0.05, 0) is 72.5 Å². The smallest absolute Gasteiger partial charge is 0.0323 e. The van der Waals surface area contributed by atoms with E-state index in [4.69, 9.17) is 0 Å². The molecule has 0 saturated heterocycles. The van der Waals surface area contributed by atoms with Crippen molar-refractivity contribution in [1.82, 2.24) is 5.32 Å². The quantitative estimate of drug-likeness (QED) is 0.862. The van der Waals surface area contributed by atoms with Crippen LogP contribution >= 0.6 is 0 Å². The molecule has 2 aliphatic carbocycles. The van der Waals surface area contributed by atoms with Crippen LogP contribution in [-0.2, 0) is 19.3 Å². The van der Waals surface area contributed by atoms with Crippen LogP contribution in [0.15, 0.2) is 36.4 Å². The van der Waals surface area contributed by atoms with E-state index in [1.165, 1.54) is 48.8 Å². The Morgan fingerprint density at radius 3 is 2.80 bits per heavy atom. The molecule has 20 heavy (non-hydrogen) atoms. The molecule has 1 nitrogen and oxygen atoms in total. The summed E-state index contributed by atoms with van der Waals surface area (Å²) in [5.41, 5.74) is 9.07. The van der Waals surface area contributed by atoms with E-state index in [2.05, 4.69) is 48.8 Å². The zero-order chi connectivity index (χ0) is 13.5. The Labute approximate surface area is 121 Å². The maximum Gasteiger partial charge on any atom is 0.0323 e. The molecule has 2 aliphatic rings. The Balaban J connectivity index is 1.82. The fourth-order valence-electron chi connectivity index (χ4n) is 3.96. The molecule has 0 heterocycles. The summed E-state index contributed by atoms with van der Waals surface area (Å²) in [5, 5.41) is 3.44. The number of rotatable bonds is 2. The third kappa shape index (κ3) is 1.81. The highest BCUT2D eigenvalue weighted by molar-refractivity contribution is 5.71. The molecule has 2 aromatic rings. The van der Waals surface area contributed by atoms with Gasteiger partial charge in [0.15, 0.2) is 0 Å². The third-order valence-corrected chi connectivity index (χ3v) is 5.03. The van der Waals surface area contributed by atoms with Crippen molar-refractivity contribution in [2.75, 3.05) is 7.05 Å². The molecule has 4 rings (SSSR count). The second kappa shape index (κ2) is 4.75. The van der Waals surface area contributed by atoms with Gasteiger partial charge < -0.3 is 5.32 Å². The van der Waals surface area contributed by atoms with Gasteiger partial charge in [0.1, 0.15) is 0 Å². The van der Waals surface area contributed by atoms with Crippen LogP contribution in [0.1, 0.15) is 41.1 Å². The van der Waals surface area contributed by atoms with E-state index < -0.39 is 0 Å². The standard InChI is InChI=1S/C19H21N/c1-20-19-11-10-17-16(6-3-7-18(17)19)15-9-8-13-4-2-5-14(13)12-15/h3,6-9,12,19-20H,2,4-5,10-11H2,1H3. The minimum atomic E-state index is 0.541. The average molecular weight is 263 g/mol. The normalized spacial score (nSPS) is 19.9. The van der Waals surface area contributed by atoms with Crippen molar-refractivity contribution in [3.05, 3.63) is 58.7 Å². The summed E-state index contributed by atoms with van der Waals surface area (Å²) >= 11 is 0. The molecule has 0 aliphatic heterocycles. The first kappa shape index (κ1) is 12.2. The van der Waals surface area contributed by atoms with Crippen molar-refractivity contribution in [2.45, 2.75) is 38.1 Å². The number of aryl methyl sites for hydroxylation is 2. The summed E-state index contributed by atoms with van der Waals surface area (Å²) in [6.45, 7) is 0. The molecule has 1 N–H and O–H groups in total.